The molecule has 5 aliphatic rings. The number of amides is 2. The highest BCUT2D eigenvalue weighted by atomic mass is 32.1. The van der Waals surface area contributed by atoms with Crippen LogP contribution in [0, 0.1) is 23.2 Å². The molecule has 2 amide bonds. The Morgan fingerprint density at radius 3 is 2.81 bits per heavy atom. The fraction of sp³-hybridized carbons (Fsp3) is 0.583. The van der Waals surface area contributed by atoms with E-state index in [-0.39, 0.29) is 17.2 Å². The number of nitrogens with one attached hydrogen (secondary N) is 2. The van der Waals surface area contributed by atoms with Crippen LogP contribution < -0.4 is 10.6 Å². The Balaban J connectivity index is 1.23. The van der Waals surface area contributed by atoms with Crippen molar-refractivity contribution in [3.63, 3.8) is 0 Å². The smallest absolute Gasteiger partial charge is 0.254 e. The average molecular weight is 457 g/mol. The van der Waals surface area contributed by atoms with Crippen LogP contribution in [0.1, 0.15) is 57.8 Å². The number of rotatable bonds is 6. The van der Waals surface area contributed by atoms with Crippen LogP contribution in [0.2, 0.25) is 0 Å². The molecule has 7 rings (SSSR count). The highest BCUT2D eigenvalue weighted by Crippen LogP contribution is 2.65. The first-order valence-corrected chi connectivity index (χ1v) is 13.2. The summed E-state index contributed by atoms with van der Waals surface area (Å²) in [4.78, 5) is 29.1. The van der Waals surface area contributed by atoms with Gasteiger partial charge < -0.3 is 15.4 Å². The van der Waals surface area contributed by atoms with Gasteiger partial charge in [0.05, 0.1) is 24.2 Å². The van der Waals surface area contributed by atoms with Crippen LogP contribution in [-0.2, 0) is 29.0 Å². The largest absolute Gasteiger partial charge is 0.376 e. The predicted molar refractivity (Wildman–Crippen MR) is 123 cm³/mol. The molecule has 2 atom stereocenters. The molecule has 0 saturated heterocycles. The van der Waals surface area contributed by atoms with Crippen molar-refractivity contribution < 1.29 is 14.3 Å². The molecule has 3 heterocycles. The van der Waals surface area contributed by atoms with E-state index in [0.29, 0.717) is 31.2 Å². The minimum absolute atomic E-state index is 0.0685. The summed E-state index contributed by atoms with van der Waals surface area (Å²) in [7, 11) is 0. The standard InChI is InChI=1S/C24H28N2O3S2/c27-21(25-5-3-17-2-1-7-30-17)20-18-4-6-29-13-19(18)31-22(20)26-23(28)24-11-14-8-15(12-24)10-16(24)9-14/h1-2,7,14-16H,3-6,8-13H2,(H,25,27)(H,26,28). The van der Waals surface area contributed by atoms with Gasteiger partial charge in [0.1, 0.15) is 5.00 Å². The van der Waals surface area contributed by atoms with Gasteiger partial charge in [-0.2, -0.15) is 0 Å². The summed E-state index contributed by atoms with van der Waals surface area (Å²) < 4.78 is 5.63. The van der Waals surface area contributed by atoms with Gasteiger partial charge in [0.15, 0.2) is 0 Å². The van der Waals surface area contributed by atoms with E-state index < -0.39 is 0 Å². The zero-order valence-corrected chi connectivity index (χ0v) is 19.2. The topological polar surface area (TPSA) is 67.4 Å². The third-order valence-electron chi connectivity index (χ3n) is 7.95. The summed E-state index contributed by atoms with van der Waals surface area (Å²) in [5.41, 5.74) is 1.55. The second-order valence-corrected chi connectivity index (χ2v) is 11.9. The summed E-state index contributed by atoms with van der Waals surface area (Å²) in [5, 5.41) is 9.15. The lowest BCUT2D eigenvalue weighted by molar-refractivity contribution is -0.127. The molecule has 2 aromatic rings. The normalized spacial score (nSPS) is 30.4. The van der Waals surface area contributed by atoms with Crippen LogP contribution in [-0.4, -0.2) is 25.0 Å². The van der Waals surface area contributed by atoms with E-state index in [2.05, 4.69) is 22.1 Å². The van der Waals surface area contributed by atoms with Crippen LogP contribution in [0.25, 0.3) is 0 Å². The molecule has 7 heteroatoms. The van der Waals surface area contributed by atoms with Crippen molar-refractivity contribution in [3.05, 3.63) is 38.4 Å². The minimum Gasteiger partial charge on any atom is -0.376 e. The molecule has 4 aliphatic carbocycles. The fourth-order valence-corrected chi connectivity index (χ4v) is 8.68. The van der Waals surface area contributed by atoms with Gasteiger partial charge in [-0.15, -0.1) is 22.7 Å². The summed E-state index contributed by atoms with van der Waals surface area (Å²) in [6, 6.07) is 4.13. The van der Waals surface area contributed by atoms with E-state index in [1.807, 2.05) is 6.07 Å². The first-order chi connectivity index (χ1) is 15.1. The summed E-state index contributed by atoms with van der Waals surface area (Å²) in [6.45, 7) is 1.76. The number of carbonyl (C=O) groups is 2. The number of ether oxygens (including phenoxy) is 1. The first-order valence-electron chi connectivity index (χ1n) is 11.5. The molecule has 4 fully saturated rings. The zero-order chi connectivity index (χ0) is 21.0. The lowest BCUT2D eigenvalue weighted by Crippen LogP contribution is -2.37. The SMILES string of the molecule is O=C(NCCc1cccs1)c1c(NC(=O)C23CC4CC(CC2C4)C3)sc2c1CCOC2. The van der Waals surface area contributed by atoms with Crippen molar-refractivity contribution in [1.82, 2.24) is 5.32 Å². The van der Waals surface area contributed by atoms with Crippen LogP contribution in [0.4, 0.5) is 5.00 Å². The summed E-state index contributed by atoms with van der Waals surface area (Å²) in [6.07, 6.45) is 7.38. The summed E-state index contributed by atoms with van der Waals surface area (Å²) in [5.74, 6) is 2.09. The Bertz CT molecular complexity index is 998. The predicted octanol–water partition coefficient (Wildman–Crippen LogP) is 4.62. The number of thiophene rings is 2. The maximum absolute atomic E-state index is 13.6. The van der Waals surface area contributed by atoms with E-state index in [1.165, 1.54) is 35.5 Å². The third kappa shape index (κ3) is 3.36. The molecule has 2 unspecified atom stereocenters. The molecule has 0 aromatic carbocycles. The number of hydrogen-bond donors (Lipinski definition) is 2. The van der Waals surface area contributed by atoms with Crippen molar-refractivity contribution in [2.75, 3.05) is 18.5 Å². The lowest BCUT2D eigenvalue weighted by atomic mass is 9.75. The zero-order valence-electron chi connectivity index (χ0n) is 17.6. The van der Waals surface area contributed by atoms with Gasteiger partial charge in [0.25, 0.3) is 5.91 Å². The van der Waals surface area contributed by atoms with E-state index in [4.69, 9.17) is 4.74 Å². The van der Waals surface area contributed by atoms with Crippen molar-refractivity contribution in [3.8, 4) is 0 Å². The van der Waals surface area contributed by atoms with Gasteiger partial charge in [-0.3, -0.25) is 9.59 Å². The van der Waals surface area contributed by atoms with Crippen molar-refractivity contribution in [2.45, 2.75) is 51.6 Å². The van der Waals surface area contributed by atoms with E-state index in [9.17, 15) is 9.59 Å². The molecule has 4 saturated carbocycles. The van der Waals surface area contributed by atoms with E-state index >= 15 is 0 Å². The van der Waals surface area contributed by atoms with Gasteiger partial charge in [-0.1, -0.05) is 6.07 Å². The maximum Gasteiger partial charge on any atom is 0.254 e. The molecule has 2 N–H and O–H groups in total. The molecule has 0 radical (unpaired) electrons. The fourth-order valence-electron chi connectivity index (χ4n) is 6.80. The van der Waals surface area contributed by atoms with Crippen molar-refractivity contribution in [1.29, 1.82) is 0 Å². The molecule has 164 valence electrons. The van der Waals surface area contributed by atoms with Crippen LogP contribution in [0.3, 0.4) is 0 Å². The van der Waals surface area contributed by atoms with E-state index in [0.717, 1.165) is 53.0 Å². The average Bonchev–Trinajstić information content (AvgIpc) is 3.49. The third-order valence-corrected chi connectivity index (χ3v) is 10.0. The highest BCUT2D eigenvalue weighted by Gasteiger charge is 2.61. The lowest BCUT2D eigenvalue weighted by Gasteiger charge is -2.31. The monoisotopic (exact) mass is 456 g/mol. The number of fused-ring (bicyclic) bond motifs is 1. The van der Waals surface area contributed by atoms with Crippen LogP contribution in [0.15, 0.2) is 17.5 Å². The second kappa shape index (κ2) is 7.71. The second-order valence-electron chi connectivity index (χ2n) is 9.75. The Hall–Kier alpha value is -1.70. The van der Waals surface area contributed by atoms with Crippen molar-refractivity contribution in [2.24, 2.45) is 23.2 Å². The molecule has 2 aromatic heterocycles. The Morgan fingerprint density at radius 2 is 2.03 bits per heavy atom. The Morgan fingerprint density at radius 1 is 1.19 bits per heavy atom. The first kappa shape index (κ1) is 19.9. The molecule has 5 nitrogen and oxygen atoms in total. The molecule has 1 aliphatic heterocycles. The van der Waals surface area contributed by atoms with Gasteiger partial charge in [-0.25, -0.2) is 0 Å². The van der Waals surface area contributed by atoms with Crippen molar-refractivity contribution >= 4 is 39.5 Å². The number of anilines is 1. The molecular formula is C24H28N2O3S2. The molecule has 0 spiro atoms. The highest BCUT2D eigenvalue weighted by molar-refractivity contribution is 7.17. The molecular weight excluding hydrogens is 428 g/mol. The van der Waals surface area contributed by atoms with Gasteiger partial charge in [-0.05, 0) is 79.7 Å². The quantitative estimate of drug-likeness (QED) is 0.667. The molecule has 4 bridgehead atoms. The Labute approximate surface area is 190 Å². The number of carbonyl (C=O) groups excluding carboxylic acids is 2. The van der Waals surface area contributed by atoms with Crippen LogP contribution >= 0.6 is 22.7 Å². The van der Waals surface area contributed by atoms with Gasteiger partial charge in [0, 0.05) is 16.3 Å². The van der Waals surface area contributed by atoms with Gasteiger partial charge in [0.2, 0.25) is 5.91 Å². The molecule has 31 heavy (non-hydrogen) atoms. The number of hydrogen-bond acceptors (Lipinski definition) is 5. The summed E-state index contributed by atoms with van der Waals surface area (Å²) >= 11 is 3.25. The van der Waals surface area contributed by atoms with E-state index in [1.54, 1.807) is 11.3 Å². The van der Waals surface area contributed by atoms with Gasteiger partial charge >= 0.3 is 0 Å². The maximum atomic E-state index is 13.6. The van der Waals surface area contributed by atoms with Crippen LogP contribution in [0.5, 0.6) is 0 Å². The Kier molecular flexibility index (Phi) is 4.96. The minimum atomic E-state index is -0.193.